The molecule has 0 spiro atoms. The van der Waals surface area contributed by atoms with Gasteiger partial charge in [0.15, 0.2) is 5.03 Å². The summed E-state index contributed by atoms with van der Waals surface area (Å²) in [6.45, 7) is -0.170. The van der Waals surface area contributed by atoms with Crippen LogP contribution < -0.4 is 29.2 Å². The van der Waals surface area contributed by atoms with Crippen molar-refractivity contribution in [1.82, 2.24) is 14.3 Å². The molecule has 1 aliphatic heterocycles. The first-order chi connectivity index (χ1) is 26.3. The fourth-order valence-corrected chi connectivity index (χ4v) is 7.70. The Hall–Kier alpha value is -5.61. The van der Waals surface area contributed by atoms with Crippen LogP contribution in [-0.4, -0.2) is 76.0 Å². The van der Waals surface area contributed by atoms with Crippen LogP contribution in [0.15, 0.2) is 84.0 Å². The number of fused-ring (bicyclic) bond motifs is 1. The average molecular weight is 780 g/mol. The van der Waals surface area contributed by atoms with Crippen molar-refractivity contribution < 1.29 is 45.3 Å². The van der Waals surface area contributed by atoms with Crippen molar-refractivity contribution in [3.63, 3.8) is 0 Å². The number of alkyl halides is 2. The fraction of sp³-hybridized carbons (Fsp3) is 0.308. The van der Waals surface area contributed by atoms with E-state index in [0.717, 1.165) is 0 Å². The minimum Gasteiger partial charge on any atom is -0.497 e. The van der Waals surface area contributed by atoms with Crippen LogP contribution in [0.5, 0.6) is 23.0 Å². The second-order valence-corrected chi connectivity index (χ2v) is 14.7. The van der Waals surface area contributed by atoms with E-state index in [1.807, 2.05) is 0 Å². The van der Waals surface area contributed by atoms with Crippen LogP contribution in [0.1, 0.15) is 40.7 Å². The van der Waals surface area contributed by atoms with Crippen molar-refractivity contribution in [2.45, 2.75) is 43.3 Å². The average Bonchev–Trinajstić information content (AvgIpc) is 3.37. The van der Waals surface area contributed by atoms with Gasteiger partial charge in [-0.2, -0.15) is 4.31 Å². The van der Waals surface area contributed by atoms with Crippen LogP contribution in [0, 0.1) is 5.82 Å². The Labute approximate surface area is 316 Å². The fourth-order valence-electron chi connectivity index (χ4n) is 6.34. The maximum absolute atomic E-state index is 14.5. The molecule has 0 atom stereocenters. The van der Waals surface area contributed by atoms with Crippen molar-refractivity contribution in [3.05, 3.63) is 102 Å². The molecule has 0 bridgehead atoms. The molecule has 3 aromatic carbocycles. The number of carbonyl (C=O) groups excluding carboxylic acids is 1. The molecule has 1 aliphatic rings. The Morgan fingerprint density at radius 1 is 0.836 bits per heavy atom. The number of ether oxygens (including phenoxy) is 4. The smallest absolute Gasteiger partial charge is 0.261 e. The lowest BCUT2D eigenvalue weighted by molar-refractivity contribution is -0.0102. The second-order valence-electron chi connectivity index (χ2n) is 12.9. The molecule has 0 saturated carbocycles. The third-order valence-corrected chi connectivity index (χ3v) is 11.0. The highest BCUT2D eigenvalue weighted by Crippen LogP contribution is 2.34. The van der Waals surface area contributed by atoms with Gasteiger partial charge in [0.25, 0.3) is 15.9 Å². The van der Waals surface area contributed by atoms with Gasteiger partial charge in [-0.05, 0) is 42.8 Å². The summed E-state index contributed by atoms with van der Waals surface area (Å²) >= 11 is 0. The molecule has 5 aromatic rings. The van der Waals surface area contributed by atoms with E-state index in [2.05, 4.69) is 15.3 Å². The van der Waals surface area contributed by atoms with Crippen LogP contribution >= 0.6 is 0 Å². The number of rotatable bonds is 13. The minimum absolute atomic E-state index is 0.0466. The van der Waals surface area contributed by atoms with E-state index in [-0.39, 0.29) is 66.6 Å². The number of amides is 1. The Morgan fingerprint density at radius 2 is 1.49 bits per heavy atom. The van der Waals surface area contributed by atoms with E-state index in [4.69, 9.17) is 18.9 Å². The molecule has 0 aliphatic carbocycles. The number of sulfonamides is 1. The molecule has 6 rings (SSSR count). The van der Waals surface area contributed by atoms with Gasteiger partial charge in [0.05, 0.1) is 39.5 Å². The number of nitrogens with zero attached hydrogens (tertiary/aromatic N) is 4. The molecular weight excluding hydrogens is 740 g/mol. The molecule has 290 valence electrons. The summed E-state index contributed by atoms with van der Waals surface area (Å²) in [4.78, 5) is 24.3. The van der Waals surface area contributed by atoms with E-state index >= 15 is 0 Å². The Balaban J connectivity index is 1.35. The zero-order chi connectivity index (χ0) is 39.3. The van der Waals surface area contributed by atoms with Gasteiger partial charge in [-0.3, -0.25) is 4.79 Å². The summed E-state index contributed by atoms with van der Waals surface area (Å²) in [5.41, 5.74) is 1.46. The molecule has 0 unspecified atom stereocenters. The molecular formula is C39H40F3N5O7S. The number of benzene rings is 3. The predicted octanol–water partition coefficient (Wildman–Crippen LogP) is 7.07. The highest BCUT2D eigenvalue weighted by molar-refractivity contribution is 7.89. The van der Waals surface area contributed by atoms with Gasteiger partial charge < -0.3 is 29.2 Å². The zero-order valence-electron chi connectivity index (χ0n) is 30.6. The Morgan fingerprint density at radius 3 is 2.11 bits per heavy atom. The van der Waals surface area contributed by atoms with Crippen molar-refractivity contribution in [1.29, 1.82) is 0 Å². The van der Waals surface area contributed by atoms with Gasteiger partial charge >= 0.3 is 0 Å². The number of carbonyl (C=O) groups is 1. The van der Waals surface area contributed by atoms with Crippen LogP contribution in [0.4, 0.5) is 24.7 Å². The zero-order valence-corrected chi connectivity index (χ0v) is 31.5. The molecule has 1 N–H and O–H groups in total. The summed E-state index contributed by atoms with van der Waals surface area (Å²) in [6, 6.07) is 18.1. The van der Waals surface area contributed by atoms with Gasteiger partial charge in [-0.15, -0.1) is 0 Å². The third-order valence-electron chi connectivity index (χ3n) is 9.30. The van der Waals surface area contributed by atoms with Gasteiger partial charge in [-0.25, -0.2) is 31.6 Å². The quantitative estimate of drug-likeness (QED) is 0.132. The number of halogens is 3. The topological polar surface area (TPSA) is 132 Å². The molecule has 55 heavy (non-hydrogen) atoms. The number of methoxy groups -OCH3 is 4. The lowest BCUT2D eigenvalue weighted by Crippen LogP contribution is -2.31. The van der Waals surface area contributed by atoms with Gasteiger partial charge in [0.1, 0.15) is 34.6 Å². The summed E-state index contributed by atoms with van der Waals surface area (Å²) in [6.07, 6.45) is 0.657. The number of hydrogen-bond acceptors (Lipinski definition) is 10. The Kier molecular flexibility index (Phi) is 11.7. The summed E-state index contributed by atoms with van der Waals surface area (Å²) < 4.78 is 94.9. The molecule has 12 nitrogen and oxygen atoms in total. The first-order valence-corrected chi connectivity index (χ1v) is 18.7. The van der Waals surface area contributed by atoms with Gasteiger partial charge in [0.2, 0.25) is 5.92 Å². The van der Waals surface area contributed by atoms with E-state index in [1.165, 1.54) is 75.3 Å². The first kappa shape index (κ1) is 39.1. The molecule has 3 heterocycles. The van der Waals surface area contributed by atoms with E-state index in [9.17, 15) is 26.4 Å². The highest BCUT2D eigenvalue weighted by Gasteiger charge is 2.34. The van der Waals surface area contributed by atoms with Gasteiger partial charge in [0, 0.05) is 91.7 Å². The van der Waals surface area contributed by atoms with E-state index < -0.39 is 34.1 Å². The summed E-state index contributed by atoms with van der Waals surface area (Å²) in [7, 11) is 1.54. The molecule has 1 fully saturated rings. The van der Waals surface area contributed by atoms with Crippen LogP contribution in [0.25, 0.3) is 10.9 Å². The lowest BCUT2D eigenvalue weighted by Gasteiger charge is -2.25. The normalized spacial score (nSPS) is 14.4. The Bertz CT molecular complexity index is 2250. The molecule has 16 heteroatoms. The van der Waals surface area contributed by atoms with Crippen LogP contribution in [-0.2, 0) is 23.1 Å². The monoisotopic (exact) mass is 779 g/mol. The largest absolute Gasteiger partial charge is 0.497 e. The maximum Gasteiger partial charge on any atom is 0.261 e. The van der Waals surface area contributed by atoms with Crippen LogP contribution in [0.3, 0.4) is 0 Å². The summed E-state index contributed by atoms with van der Waals surface area (Å²) in [5, 5.41) is 2.82. The standard InChI is InChI=1S/C39H40F3N5O7S/c1-51-30-10-7-26(34(21-30)53-3)23-47(24-27-8-11-31(52-2)22-35(27)54-4)55(49,50)36-20-29(12-15-43-36)44-38(48)32-18-25-6-9-28(40)19-33(25)45-37(32)46-16-5-13-39(41,42)14-17-46/h6-12,15,18-22H,5,13-14,16-17,23-24H2,1-4H3,(H,43,44,48). The SMILES string of the molecule is COc1ccc(CN(Cc2ccc(OC)cc2OC)S(=O)(=O)c2cc(NC(=O)c3cc4ccc(F)cc4nc3N3CCCC(F)(F)CC3)ccn2)c(OC)c1. The predicted molar refractivity (Wildman–Crippen MR) is 200 cm³/mol. The van der Waals surface area contributed by atoms with Crippen molar-refractivity contribution >= 4 is 38.3 Å². The van der Waals surface area contributed by atoms with Crippen LogP contribution in [0.2, 0.25) is 0 Å². The molecule has 2 aromatic heterocycles. The molecule has 1 saturated heterocycles. The third kappa shape index (κ3) is 8.86. The maximum atomic E-state index is 14.5. The number of pyridine rings is 2. The molecule has 1 amide bonds. The van der Waals surface area contributed by atoms with E-state index in [1.54, 1.807) is 41.3 Å². The van der Waals surface area contributed by atoms with Crippen molar-refractivity contribution in [2.24, 2.45) is 0 Å². The lowest BCUT2D eigenvalue weighted by atomic mass is 10.1. The van der Waals surface area contributed by atoms with E-state index in [0.29, 0.717) is 39.5 Å². The number of hydrogen-bond donors (Lipinski definition) is 1. The first-order valence-electron chi connectivity index (χ1n) is 17.3. The number of anilines is 2. The van der Waals surface area contributed by atoms with Gasteiger partial charge in [-0.1, -0.05) is 12.1 Å². The summed E-state index contributed by atoms with van der Waals surface area (Å²) in [5.74, 6) is -2.15. The highest BCUT2D eigenvalue weighted by atomic mass is 32.2. The van der Waals surface area contributed by atoms with Crippen molar-refractivity contribution in [2.75, 3.05) is 51.7 Å². The number of aromatic nitrogens is 2. The number of nitrogens with one attached hydrogen (secondary N) is 1. The van der Waals surface area contributed by atoms with Crippen molar-refractivity contribution in [3.8, 4) is 23.0 Å². The molecule has 0 radical (unpaired) electrons. The second kappa shape index (κ2) is 16.4. The minimum atomic E-state index is -4.40.